The molecule has 0 aliphatic rings. The molecule has 0 fully saturated rings. The van der Waals surface area contributed by atoms with Gasteiger partial charge in [-0.15, -0.1) is 0 Å². The van der Waals surface area contributed by atoms with Crippen LogP contribution < -0.4 is 0 Å². The smallest absolute Gasteiger partial charge is 0.481 e. The maximum Gasteiger partial charge on any atom is 0.670 e. The molecule has 0 aromatic heterocycles. The topological polar surface area (TPSA) is 18.5 Å². The Balaban J connectivity index is 2.75. The van der Waals surface area contributed by atoms with E-state index in [-0.39, 0.29) is 0 Å². The average molecular weight is 104 g/mol. The Bertz CT molecular complexity index is 28.0. The lowest BCUT2D eigenvalue weighted by Gasteiger charge is -1.95. The molecule has 0 saturated carbocycles. The van der Waals surface area contributed by atoms with E-state index in [0.29, 0.717) is 0 Å². The Morgan fingerprint density at radius 3 is 1.50 bits per heavy atom. The van der Waals surface area contributed by atoms with Gasteiger partial charge in [0.25, 0.3) is 0 Å². The molecule has 0 unspecified atom stereocenters. The summed E-state index contributed by atoms with van der Waals surface area (Å²) in [6, 6.07) is 0. The van der Waals surface area contributed by atoms with Crippen LogP contribution >= 0.6 is 0 Å². The van der Waals surface area contributed by atoms with Crippen molar-refractivity contribution < 1.29 is 7.58 Å². The fraction of sp³-hybridized carbons (Fsp3) is 1.00. The summed E-state index contributed by atoms with van der Waals surface area (Å²) in [5, 5.41) is 0. The zero-order chi connectivity index (χ0) is 4.99. The Kier molecular flexibility index (Phi) is 3.91. The molecule has 0 amide bonds. The van der Waals surface area contributed by atoms with Crippen molar-refractivity contribution in [3.05, 3.63) is 0 Å². The minimum Gasteiger partial charge on any atom is -0.481 e. The highest BCUT2D eigenvalue weighted by atomic mass is 27.2. The fourth-order valence-electron chi connectivity index (χ4n) is 0.0962. The van der Waals surface area contributed by atoms with Gasteiger partial charge in [0, 0.05) is 14.2 Å². The first-order valence-electron chi connectivity index (χ1n) is 1.87. The Labute approximate surface area is 43.1 Å². The molecule has 36 valence electrons. The Hall–Kier alpha value is 0.452. The van der Waals surface area contributed by atoms with Gasteiger partial charge in [-0.2, -0.15) is 0 Å². The van der Waals surface area contributed by atoms with Crippen LogP contribution in [-0.2, 0) is 7.58 Å². The van der Waals surface area contributed by atoms with Crippen LogP contribution in [0.3, 0.4) is 0 Å². The standard InChI is InChI=1S/2CH3O.CH3.Al/c2*1-2;;/h2*1H3;1H3;/q2*-1;;+2. The van der Waals surface area contributed by atoms with E-state index in [1.165, 1.54) is 0 Å². The molecule has 0 aliphatic heterocycles. The summed E-state index contributed by atoms with van der Waals surface area (Å²) in [5.41, 5.74) is 0. The molecule has 0 aromatic carbocycles. The van der Waals surface area contributed by atoms with Crippen molar-refractivity contribution in [3.8, 4) is 0 Å². The van der Waals surface area contributed by atoms with Gasteiger partial charge in [0.15, 0.2) is 0 Å². The van der Waals surface area contributed by atoms with Crippen LogP contribution in [0.5, 0.6) is 0 Å². The van der Waals surface area contributed by atoms with Crippen molar-refractivity contribution in [2.75, 3.05) is 14.2 Å². The quantitative estimate of drug-likeness (QED) is 0.472. The van der Waals surface area contributed by atoms with Gasteiger partial charge in [-0.25, -0.2) is 0 Å². The zero-order valence-corrected chi connectivity index (χ0v) is 5.55. The van der Waals surface area contributed by atoms with E-state index in [0.717, 1.165) is 0 Å². The van der Waals surface area contributed by atoms with E-state index < -0.39 is 14.8 Å². The van der Waals surface area contributed by atoms with Gasteiger partial charge in [-0.3, -0.25) is 0 Å². The van der Waals surface area contributed by atoms with Crippen molar-refractivity contribution in [1.82, 2.24) is 0 Å². The van der Waals surface area contributed by atoms with Gasteiger partial charge in [0.05, 0.1) is 0 Å². The number of rotatable bonds is 2. The van der Waals surface area contributed by atoms with Crippen LogP contribution in [-0.4, -0.2) is 29.0 Å². The number of hydrogen-bond acceptors (Lipinski definition) is 2. The molecule has 0 rings (SSSR count). The second-order valence-corrected chi connectivity index (χ2v) is 3.12. The first-order chi connectivity index (χ1) is 2.81. The lowest BCUT2D eigenvalue weighted by molar-refractivity contribution is 0.285. The van der Waals surface area contributed by atoms with Gasteiger partial charge in [-0.05, 0) is 0 Å². The summed E-state index contributed by atoms with van der Waals surface area (Å²) < 4.78 is 9.63. The molecular weight excluding hydrogens is 95.0 g/mol. The van der Waals surface area contributed by atoms with Crippen LogP contribution in [0.2, 0.25) is 5.79 Å². The first kappa shape index (κ1) is 6.45. The second-order valence-electron chi connectivity index (χ2n) is 1.04. The Morgan fingerprint density at radius 1 is 1.17 bits per heavy atom. The summed E-state index contributed by atoms with van der Waals surface area (Å²) in [5.74, 6) is 1.97. The lowest BCUT2D eigenvalue weighted by atomic mass is 11.8. The maximum absolute atomic E-state index is 4.82. The van der Waals surface area contributed by atoms with E-state index in [4.69, 9.17) is 7.58 Å². The highest BCUT2D eigenvalue weighted by Crippen LogP contribution is 1.77. The molecular formula is C3H9AlO2. The third kappa shape index (κ3) is 2.68. The van der Waals surface area contributed by atoms with Crippen LogP contribution in [0, 0.1) is 0 Å². The Morgan fingerprint density at radius 2 is 1.50 bits per heavy atom. The molecule has 0 bridgehead atoms. The highest BCUT2D eigenvalue weighted by molar-refractivity contribution is 6.42. The minimum absolute atomic E-state index is 1.16. The van der Waals surface area contributed by atoms with Gasteiger partial charge in [0.2, 0.25) is 0 Å². The molecule has 0 saturated heterocycles. The largest absolute Gasteiger partial charge is 0.670 e. The maximum atomic E-state index is 4.82. The van der Waals surface area contributed by atoms with Gasteiger partial charge in [-0.1, -0.05) is 5.79 Å². The van der Waals surface area contributed by atoms with E-state index in [1.54, 1.807) is 14.2 Å². The van der Waals surface area contributed by atoms with Gasteiger partial charge in [0.1, 0.15) is 0 Å². The first-order valence-corrected chi connectivity index (χ1v) is 3.96. The van der Waals surface area contributed by atoms with E-state index >= 15 is 0 Å². The summed E-state index contributed by atoms with van der Waals surface area (Å²) in [7, 11) is 3.33. The average Bonchev–Trinajstić information content (AvgIpc) is 1.65. The van der Waals surface area contributed by atoms with Gasteiger partial charge >= 0.3 is 14.8 Å². The molecule has 0 aromatic rings. The molecule has 6 heavy (non-hydrogen) atoms. The highest BCUT2D eigenvalue weighted by Gasteiger charge is 2.09. The predicted molar refractivity (Wildman–Crippen MR) is 25.6 cm³/mol. The van der Waals surface area contributed by atoms with E-state index in [2.05, 4.69) is 0 Å². The second kappa shape index (κ2) is 3.64. The molecule has 0 N–H and O–H groups in total. The van der Waals surface area contributed by atoms with Crippen LogP contribution in [0.15, 0.2) is 0 Å². The lowest BCUT2D eigenvalue weighted by Crippen LogP contribution is -2.12. The van der Waals surface area contributed by atoms with E-state index in [9.17, 15) is 0 Å². The van der Waals surface area contributed by atoms with Crippen molar-refractivity contribution in [1.29, 1.82) is 0 Å². The molecule has 3 heteroatoms. The van der Waals surface area contributed by atoms with Crippen molar-refractivity contribution in [2.45, 2.75) is 5.79 Å². The van der Waals surface area contributed by atoms with Crippen molar-refractivity contribution in [2.24, 2.45) is 0 Å². The third-order valence-electron chi connectivity index (χ3n) is 0.664. The summed E-state index contributed by atoms with van der Waals surface area (Å²) in [6.45, 7) is 0. The fourth-order valence-corrected chi connectivity index (χ4v) is 0.289. The van der Waals surface area contributed by atoms with Crippen LogP contribution in [0.1, 0.15) is 0 Å². The summed E-state index contributed by atoms with van der Waals surface area (Å²) in [4.78, 5) is 0. The zero-order valence-electron chi connectivity index (χ0n) is 4.39. The van der Waals surface area contributed by atoms with Crippen LogP contribution in [0.4, 0.5) is 0 Å². The predicted octanol–water partition coefficient (Wildman–Crippen LogP) is 0.397. The monoisotopic (exact) mass is 104 g/mol. The number of hydrogen-bond donors (Lipinski definition) is 0. The minimum atomic E-state index is -1.16. The van der Waals surface area contributed by atoms with Crippen molar-refractivity contribution in [3.63, 3.8) is 0 Å². The van der Waals surface area contributed by atoms with Crippen molar-refractivity contribution >= 4 is 14.8 Å². The van der Waals surface area contributed by atoms with Gasteiger partial charge < -0.3 is 7.58 Å². The van der Waals surface area contributed by atoms with E-state index in [1.807, 2.05) is 5.79 Å². The molecule has 0 radical (unpaired) electrons. The SMILES string of the molecule is C[O][Al]([CH3])[O]C. The normalized spacial score (nSPS) is 8.50. The molecule has 0 aliphatic carbocycles. The molecule has 0 atom stereocenters. The third-order valence-corrected chi connectivity index (χ3v) is 1.99. The molecule has 0 spiro atoms. The molecule has 0 heterocycles. The summed E-state index contributed by atoms with van der Waals surface area (Å²) >= 11 is -1.16. The molecule has 2 nitrogen and oxygen atoms in total. The summed E-state index contributed by atoms with van der Waals surface area (Å²) in [6.07, 6.45) is 0. The van der Waals surface area contributed by atoms with Crippen LogP contribution in [0.25, 0.3) is 0 Å².